The summed E-state index contributed by atoms with van der Waals surface area (Å²) >= 11 is 1.66. The number of hydrogen-bond acceptors (Lipinski definition) is 4. The van der Waals surface area contributed by atoms with Gasteiger partial charge in [0, 0.05) is 25.4 Å². The van der Waals surface area contributed by atoms with Crippen LogP contribution in [0.4, 0.5) is 11.4 Å². The Morgan fingerprint density at radius 2 is 2.40 bits per heavy atom. The predicted molar refractivity (Wildman–Crippen MR) is 65.1 cm³/mol. The Labute approximate surface area is 93.9 Å². The quantitative estimate of drug-likeness (QED) is 0.841. The largest absolute Gasteiger partial charge is 0.396 e. The van der Waals surface area contributed by atoms with Crippen LogP contribution in [0, 0.1) is 0 Å². The molecule has 0 aliphatic heterocycles. The van der Waals surface area contributed by atoms with Crippen LogP contribution in [-0.2, 0) is 4.79 Å². The lowest BCUT2D eigenvalue weighted by atomic mass is 10.3. The van der Waals surface area contributed by atoms with Gasteiger partial charge in [0.05, 0.1) is 17.6 Å². The van der Waals surface area contributed by atoms with Crippen LogP contribution in [0.5, 0.6) is 0 Å². The summed E-state index contributed by atoms with van der Waals surface area (Å²) in [4.78, 5) is 17.1. The second kappa shape index (κ2) is 5.60. The molecule has 0 aromatic carbocycles. The Kier molecular flexibility index (Phi) is 4.42. The molecule has 1 aromatic rings. The molecule has 1 heterocycles. The van der Waals surface area contributed by atoms with Crippen LogP contribution in [0.25, 0.3) is 0 Å². The number of carbonyl (C=O) groups is 1. The second-order valence-corrected chi connectivity index (χ2v) is 4.12. The minimum Gasteiger partial charge on any atom is -0.396 e. The van der Waals surface area contributed by atoms with Crippen molar-refractivity contribution in [1.29, 1.82) is 0 Å². The van der Waals surface area contributed by atoms with Crippen molar-refractivity contribution in [2.45, 2.75) is 6.42 Å². The van der Waals surface area contributed by atoms with Gasteiger partial charge in [0.1, 0.15) is 0 Å². The van der Waals surface area contributed by atoms with Crippen molar-refractivity contribution >= 4 is 29.0 Å². The molecular formula is C10H15N3OS. The maximum Gasteiger partial charge on any atom is 0.227 e. The molecule has 0 fully saturated rings. The van der Waals surface area contributed by atoms with Crippen molar-refractivity contribution < 1.29 is 4.79 Å². The fraction of sp³-hybridized carbons (Fsp3) is 0.400. The van der Waals surface area contributed by atoms with E-state index < -0.39 is 0 Å². The highest BCUT2D eigenvalue weighted by Gasteiger charge is 2.12. The zero-order valence-electron chi connectivity index (χ0n) is 8.93. The standard InChI is InChI=1S/C10H15N3OS/c1-13(10(14)4-6-15-2)9-3-5-12-7-8(9)11/h3,5,7H,4,6,11H2,1-2H3. The minimum atomic E-state index is 0.0715. The number of anilines is 2. The Hall–Kier alpha value is -1.23. The van der Waals surface area contributed by atoms with Gasteiger partial charge in [-0.1, -0.05) is 0 Å². The Bertz CT molecular complexity index is 343. The summed E-state index contributed by atoms with van der Waals surface area (Å²) in [6, 6.07) is 1.74. The Morgan fingerprint density at radius 3 is 3.00 bits per heavy atom. The molecule has 0 unspecified atom stereocenters. The van der Waals surface area contributed by atoms with E-state index in [1.165, 1.54) is 0 Å². The summed E-state index contributed by atoms with van der Waals surface area (Å²) in [5, 5.41) is 0. The van der Waals surface area contributed by atoms with Crippen LogP contribution in [0.1, 0.15) is 6.42 Å². The van der Waals surface area contributed by atoms with Crippen molar-refractivity contribution in [2.75, 3.05) is 29.7 Å². The van der Waals surface area contributed by atoms with Gasteiger partial charge in [0.15, 0.2) is 0 Å². The molecular weight excluding hydrogens is 210 g/mol. The van der Waals surface area contributed by atoms with Crippen molar-refractivity contribution in [3.63, 3.8) is 0 Å². The number of pyridine rings is 1. The summed E-state index contributed by atoms with van der Waals surface area (Å²) in [6.07, 6.45) is 5.69. The molecule has 1 amide bonds. The number of aromatic nitrogens is 1. The maximum atomic E-state index is 11.7. The summed E-state index contributed by atoms with van der Waals surface area (Å²) < 4.78 is 0. The summed E-state index contributed by atoms with van der Waals surface area (Å²) in [5.41, 5.74) is 6.97. The average Bonchev–Trinajstić information content (AvgIpc) is 2.25. The van der Waals surface area contributed by atoms with Gasteiger partial charge < -0.3 is 10.6 Å². The van der Waals surface area contributed by atoms with E-state index in [4.69, 9.17) is 5.73 Å². The average molecular weight is 225 g/mol. The number of hydrogen-bond donors (Lipinski definition) is 1. The highest BCUT2D eigenvalue weighted by atomic mass is 32.2. The first-order valence-corrected chi connectivity index (χ1v) is 6.01. The van der Waals surface area contributed by atoms with Crippen molar-refractivity contribution in [3.8, 4) is 0 Å². The van der Waals surface area contributed by atoms with E-state index in [2.05, 4.69) is 4.98 Å². The molecule has 0 saturated heterocycles. The predicted octanol–water partition coefficient (Wildman–Crippen LogP) is 1.38. The van der Waals surface area contributed by atoms with Crippen molar-refractivity contribution in [2.24, 2.45) is 0 Å². The second-order valence-electron chi connectivity index (χ2n) is 3.13. The summed E-state index contributed by atoms with van der Waals surface area (Å²) in [5.74, 6) is 0.899. The van der Waals surface area contributed by atoms with Gasteiger partial charge in [-0.15, -0.1) is 0 Å². The first-order valence-electron chi connectivity index (χ1n) is 4.61. The molecule has 1 aromatic heterocycles. The lowest BCUT2D eigenvalue weighted by Crippen LogP contribution is -2.27. The zero-order chi connectivity index (χ0) is 11.3. The SMILES string of the molecule is CSCCC(=O)N(C)c1ccncc1N. The van der Waals surface area contributed by atoms with Crippen LogP contribution in [0.15, 0.2) is 18.5 Å². The van der Waals surface area contributed by atoms with Crippen molar-refractivity contribution in [1.82, 2.24) is 4.98 Å². The van der Waals surface area contributed by atoms with Gasteiger partial charge in [-0.2, -0.15) is 11.8 Å². The number of nitrogens with two attached hydrogens (primary N) is 1. The summed E-state index contributed by atoms with van der Waals surface area (Å²) in [7, 11) is 1.73. The fourth-order valence-electron chi connectivity index (χ4n) is 1.20. The molecule has 0 aliphatic rings. The van der Waals surface area contributed by atoms with E-state index >= 15 is 0 Å². The third kappa shape index (κ3) is 3.13. The molecule has 0 saturated carbocycles. The third-order valence-electron chi connectivity index (χ3n) is 2.08. The molecule has 82 valence electrons. The molecule has 0 spiro atoms. The first-order chi connectivity index (χ1) is 7.16. The van der Waals surface area contributed by atoms with E-state index in [0.717, 1.165) is 11.4 Å². The van der Waals surface area contributed by atoms with E-state index in [0.29, 0.717) is 12.1 Å². The monoisotopic (exact) mass is 225 g/mol. The number of thioether (sulfide) groups is 1. The number of nitrogens with zero attached hydrogens (tertiary/aromatic N) is 2. The number of carbonyl (C=O) groups excluding carboxylic acids is 1. The van der Waals surface area contributed by atoms with Crippen LogP contribution in [0.3, 0.4) is 0 Å². The molecule has 2 N–H and O–H groups in total. The maximum absolute atomic E-state index is 11.7. The molecule has 15 heavy (non-hydrogen) atoms. The van der Waals surface area contributed by atoms with Crippen LogP contribution < -0.4 is 10.6 Å². The lowest BCUT2D eigenvalue weighted by molar-refractivity contribution is -0.117. The van der Waals surface area contributed by atoms with Crippen LogP contribution in [0.2, 0.25) is 0 Å². The molecule has 0 radical (unpaired) electrons. The third-order valence-corrected chi connectivity index (χ3v) is 2.70. The lowest BCUT2D eigenvalue weighted by Gasteiger charge is -2.18. The van der Waals surface area contributed by atoms with E-state index in [1.54, 1.807) is 42.2 Å². The molecule has 0 aliphatic carbocycles. The zero-order valence-corrected chi connectivity index (χ0v) is 9.75. The van der Waals surface area contributed by atoms with Gasteiger partial charge in [0.2, 0.25) is 5.91 Å². The van der Waals surface area contributed by atoms with Gasteiger partial charge in [-0.05, 0) is 12.3 Å². The minimum absolute atomic E-state index is 0.0715. The van der Waals surface area contributed by atoms with Gasteiger partial charge in [-0.25, -0.2) is 0 Å². The number of nitrogen functional groups attached to an aromatic ring is 1. The highest BCUT2D eigenvalue weighted by Crippen LogP contribution is 2.20. The normalized spacial score (nSPS) is 10.0. The van der Waals surface area contributed by atoms with Gasteiger partial charge in [-0.3, -0.25) is 9.78 Å². The van der Waals surface area contributed by atoms with E-state index in [9.17, 15) is 4.79 Å². The molecule has 4 nitrogen and oxygen atoms in total. The molecule has 0 atom stereocenters. The molecule has 1 rings (SSSR count). The number of rotatable bonds is 4. The Morgan fingerprint density at radius 1 is 1.67 bits per heavy atom. The summed E-state index contributed by atoms with van der Waals surface area (Å²) in [6.45, 7) is 0. The smallest absolute Gasteiger partial charge is 0.227 e. The Balaban J connectivity index is 2.72. The topological polar surface area (TPSA) is 59.2 Å². The molecule has 0 bridgehead atoms. The first kappa shape index (κ1) is 11.8. The number of amides is 1. The fourth-order valence-corrected chi connectivity index (χ4v) is 1.57. The van der Waals surface area contributed by atoms with Gasteiger partial charge in [0.25, 0.3) is 0 Å². The van der Waals surface area contributed by atoms with E-state index in [1.807, 2.05) is 6.26 Å². The highest BCUT2D eigenvalue weighted by molar-refractivity contribution is 7.98. The van der Waals surface area contributed by atoms with Crippen LogP contribution >= 0.6 is 11.8 Å². The van der Waals surface area contributed by atoms with E-state index in [-0.39, 0.29) is 5.91 Å². The van der Waals surface area contributed by atoms with Gasteiger partial charge >= 0.3 is 0 Å². The molecule has 5 heteroatoms. The van der Waals surface area contributed by atoms with Crippen molar-refractivity contribution in [3.05, 3.63) is 18.5 Å². The van der Waals surface area contributed by atoms with Crippen LogP contribution in [-0.4, -0.2) is 29.9 Å².